The lowest BCUT2D eigenvalue weighted by Gasteiger charge is -2.40. The largest absolute Gasteiger partial charge is 0.417 e. The summed E-state index contributed by atoms with van der Waals surface area (Å²) in [6, 6.07) is 0.474. The van der Waals surface area contributed by atoms with Crippen LogP contribution in [0.15, 0.2) is 0 Å². The molecule has 1 heterocycles. The standard InChI is InChI=1S/C13H20F8O2Si/c1-3-11(2,24-7-5-4-6-22-24)23-10(17)13(20,21)12(18,19)8(14)9(15)16/h8-10,24H,3-7H2,1-2H3. The summed E-state index contributed by atoms with van der Waals surface area (Å²) in [6.07, 6.45) is -11.4. The van der Waals surface area contributed by atoms with Gasteiger partial charge >= 0.3 is 11.8 Å². The molecule has 2 nitrogen and oxygen atoms in total. The van der Waals surface area contributed by atoms with Crippen molar-refractivity contribution in [3.63, 3.8) is 0 Å². The maximum Gasteiger partial charge on any atom is 0.367 e. The molecule has 4 unspecified atom stereocenters. The Kier molecular flexibility index (Phi) is 7.08. The highest BCUT2D eigenvalue weighted by molar-refractivity contribution is 6.55. The third-order valence-electron chi connectivity index (χ3n) is 4.23. The smallest absolute Gasteiger partial charge is 0.367 e. The molecule has 0 N–H and O–H groups in total. The second-order valence-electron chi connectivity index (χ2n) is 5.94. The third kappa shape index (κ3) is 4.21. The van der Waals surface area contributed by atoms with Crippen LogP contribution in [0.1, 0.15) is 33.1 Å². The molecular weight excluding hydrogens is 368 g/mol. The molecule has 0 spiro atoms. The van der Waals surface area contributed by atoms with Gasteiger partial charge in [-0.3, -0.25) is 0 Å². The second-order valence-corrected chi connectivity index (χ2v) is 9.05. The van der Waals surface area contributed by atoms with Crippen LogP contribution < -0.4 is 0 Å². The molecule has 1 saturated heterocycles. The molecule has 0 bridgehead atoms. The Bertz CT molecular complexity index is 405. The molecule has 11 heteroatoms. The van der Waals surface area contributed by atoms with Crippen molar-refractivity contribution in [3.05, 3.63) is 0 Å². The first-order valence-corrected chi connectivity index (χ1v) is 9.38. The summed E-state index contributed by atoms with van der Waals surface area (Å²) >= 11 is 0. The number of ether oxygens (including phenoxy) is 1. The normalized spacial score (nSPS) is 25.4. The molecule has 0 aromatic rings. The van der Waals surface area contributed by atoms with Gasteiger partial charge in [-0.2, -0.15) is 17.6 Å². The Balaban J connectivity index is 2.94. The summed E-state index contributed by atoms with van der Waals surface area (Å²) in [4.78, 5) is 0. The molecule has 1 aliphatic rings. The van der Waals surface area contributed by atoms with Gasteiger partial charge in [-0.1, -0.05) is 13.3 Å². The fourth-order valence-electron chi connectivity index (χ4n) is 2.41. The Labute approximate surface area is 136 Å². The van der Waals surface area contributed by atoms with Gasteiger partial charge in [-0.05, 0) is 25.8 Å². The molecular formula is C13H20F8O2Si. The quantitative estimate of drug-likeness (QED) is 0.453. The van der Waals surface area contributed by atoms with Gasteiger partial charge in [0, 0.05) is 6.61 Å². The minimum absolute atomic E-state index is 0.000138. The first-order valence-electron chi connectivity index (χ1n) is 7.51. The van der Waals surface area contributed by atoms with Crippen LogP contribution in [0.3, 0.4) is 0 Å². The molecule has 1 fully saturated rings. The fraction of sp³-hybridized carbons (Fsp3) is 1.00. The van der Waals surface area contributed by atoms with Crippen molar-refractivity contribution in [3.8, 4) is 0 Å². The lowest BCUT2D eigenvalue weighted by molar-refractivity contribution is -0.330. The van der Waals surface area contributed by atoms with E-state index in [2.05, 4.69) is 4.74 Å². The van der Waals surface area contributed by atoms with Gasteiger partial charge in [-0.15, -0.1) is 0 Å². The summed E-state index contributed by atoms with van der Waals surface area (Å²) in [7, 11) is -2.36. The van der Waals surface area contributed by atoms with Gasteiger partial charge in [-0.25, -0.2) is 17.6 Å². The molecule has 0 saturated carbocycles. The fourth-order valence-corrected chi connectivity index (χ4v) is 5.38. The van der Waals surface area contributed by atoms with Crippen molar-refractivity contribution in [2.75, 3.05) is 6.61 Å². The second kappa shape index (κ2) is 7.86. The van der Waals surface area contributed by atoms with E-state index in [-0.39, 0.29) is 6.42 Å². The summed E-state index contributed by atoms with van der Waals surface area (Å²) < 4.78 is 114. The summed E-state index contributed by atoms with van der Waals surface area (Å²) in [5.41, 5.74) is 0. The van der Waals surface area contributed by atoms with Crippen LogP contribution in [-0.4, -0.2) is 51.7 Å². The molecule has 0 aromatic carbocycles. The lowest BCUT2D eigenvalue weighted by Crippen LogP contribution is -2.59. The molecule has 0 radical (unpaired) electrons. The zero-order chi connectivity index (χ0) is 18.8. The summed E-state index contributed by atoms with van der Waals surface area (Å²) in [6.45, 7) is 3.07. The zero-order valence-corrected chi connectivity index (χ0v) is 14.3. The summed E-state index contributed by atoms with van der Waals surface area (Å²) in [5, 5.41) is -1.55. The number of hydrogen-bond donors (Lipinski definition) is 0. The van der Waals surface area contributed by atoms with E-state index in [0.717, 1.165) is 6.42 Å². The van der Waals surface area contributed by atoms with Gasteiger partial charge in [0.1, 0.15) is 0 Å². The predicted molar refractivity (Wildman–Crippen MR) is 72.6 cm³/mol. The van der Waals surface area contributed by atoms with Crippen molar-refractivity contribution in [1.82, 2.24) is 0 Å². The van der Waals surface area contributed by atoms with Crippen LogP contribution in [0.5, 0.6) is 0 Å². The number of halogens is 8. The molecule has 0 aromatic heterocycles. The highest BCUT2D eigenvalue weighted by atomic mass is 28.3. The maximum absolute atomic E-state index is 13.8. The molecule has 0 aliphatic carbocycles. The van der Waals surface area contributed by atoms with Crippen molar-refractivity contribution < 1.29 is 44.3 Å². The van der Waals surface area contributed by atoms with E-state index in [4.69, 9.17) is 4.43 Å². The van der Waals surface area contributed by atoms with E-state index in [1.165, 1.54) is 13.8 Å². The van der Waals surface area contributed by atoms with Crippen LogP contribution in [0.25, 0.3) is 0 Å². The van der Waals surface area contributed by atoms with E-state index < -0.39 is 45.1 Å². The van der Waals surface area contributed by atoms with Gasteiger partial charge in [0.05, 0.1) is 5.22 Å². The minimum atomic E-state index is -5.91. The molecule has 1 aliphatic heterocycles. The molecule has 24 heavy (non-hydrogen) atoms. The van der Waals surface area contributed by atoms with E-state index in [1.54, 1.807) is 0 Å². The Hall–Kier alpha value is -0.423. The molecule has 1 rings (SSSR count). The molecule has 144 valence electrons. The first-order chi connectivity index (χ1) is 10.9. The first kappa shape index (κ1) is 21.6. The van der Waals surface area contributed by atoms with Crippen molar-refractivity contribution >= 4 is 9.04 Å². The Morgan fingerprint density at radius 3 is 2.04 bits per heavy atom. The van der Waals surface area contributed by atoms with Crippen LogP contribution >= 0.6 is 0 Å². The lowest BCUT2D eigenvalue weighted by atomic mass is 10.1. The van der Waals surface area contributed by atoms with Crippen LogP contribution in [0.2, 0.25) is 6.04 Å². The van der Waals surface area contributed by atoms with Gasteiger partial charge in [0.2, 0.25) is 15.2 Å². The van der Waals surface area contributed by atoms with E-state index in [1.807, 2.05) is 0 Å². The number of hydrogen-bond acceptors (Lipinski definition) is 2. The summed E-state index contributed by atoms with van der Waals surface area (Å²) in [5.74, 6) is -11.7. The minimum Gasteiger partial charge on any atom is -0.417 e. The van der Waals surface area contributed by atoms with Crippen molar-refractivity contribution in [2.24, 2.45) is 0 Å². The van der Waals surface area contributed by atoms with Crippen molar-refractivity contribution in [2.45, 2.75) is 75.2 Å². The van der Waals surface area contributed by atoms with E-state index >= 15 is 0 Å². The predicted octanol–water partition coefficient (Wildman–Crippen LogP) is 4.41. The highest BCUT2D eigenvalue weighted by Crippen LogP contribution is 2.45. The highest BCUT2D eigenvalue weighted by Gasteiger charge is 2.70. The van der Waals surface area contributed by atoms with Gasteiger partial charge in [0.25, 0.3) is 12.8 Å². The average molecular weight is 388 g/mol. The third-order valence-corrected chi connectivity index (χ3v) is 7.71. The molecule has 4 atom stereocenters. The molecule has 0 amide bonds. The van der Waals surface area contributed by atoms with Gasteiger partial charge < -0.3 is 9.16 Å². The monoisotopic (exact) mass is 388 g/mol. The Morgan fingerprint density at radius 2 is 1.62 bits per heavy atom. The Morgan fingerprint density at radius 1 is 1.04 bits per heavy atom. The van der Waals surface area contributed by atoms with Crippen molar-refractivity contribution in [1.29, 1.82) is 0 Å². The number of alkyl halides is 8. The van der Waals surface area contributed by atoms with E-state index in [0.29, 0.717) is 19.1 Å². The maximum atomic E-state index is 13.8. The van der Waals surface area contributed by atoms with Crippen LogP contribution in [0, 0.1) is 0 Å². The number of rotatable bonds is 8. The van der Waals surface area contributed by atoms with Crippen LogP contribution in [0.4, 0.5) is 35.1 Å². The van der Waals surface area contributed by atoms with E-state index in [9.17, 15) is 35.1 Å². The van der Waals surface area contributed by atoms with Gasteiger partial charge in [0.15, 0.2) is 0 Å². The topological polar surface area (TPSA) is 18.5 Å². The average Bonchev–Trinajstić information content (AvgIpc) is 2.54. The SMILES string of the molecule is CCC(C)(OC(F)C(F)(F)C(F)(F)C(F)C(F)F)[SiH]1CCCCO1. The zero-order valence-electron chi connectivity index (χ0n) is 13.2. The van der Waals surface area contributed by atoms with Crippen LogP contribution in [-0.2, 0) is 9.16 Å².